The molecule has 3 heterocycles. The monoisotopic (exact) mass is 319 g/mol. The van der Waals surface area contributed by atoms with E-state index in [1.54, 1.807) is 12.4 Å². The molecule has 8 nitrogen and oxygen atoms in total. The van der Waals surface area contributed by atoms with E-state index in [9.17, 15) is 9.59 Å². The Hall–Kier alpha value is -2.06. The zero-order valence-electron chi connectivity index (χ0n) is 13.1. The minimum absolute atomic E-state index is 0.0154. The number of hydrogen-bond acceptors (Lipinski definition) is 7. The van der Waals surface area contributed by atoms with Gasteiger partial charge in [-0.1, -0.05) is 0 Å². The van der Waals surface area contributed by atoms with Gasteiger partial charge in [-0.05, 0) is 19.0 Å². The minimum Gasteiger partial charge on any atom is -0.362 e. The van der Waals surface area contributed by atoms with E-state index in [0.29, 0.717) is 6.54 Å². The normalized spacial score (nSPS) is 20.2. The van der Waals surface area contributed by atoms with E-state index in [4.69, 9.17) is 4.74 Å². The molecule has 0 unspecified atom stereocenters. The van der Waals surface area contributed by atoms with E-state index < -0.39 is 0 Å². The smallest absolute Gasteiger partial charge is 0.255 e. The zero-order chi connectivity index (χ0) is 16.1. The Balaban J connectivity index is 1.39. The van der Waals surface area contributed by atoms with Crippen LogP contribution in [0, 0.1) is 0 Å². The second-order valence-electron chi connectivity index (χ2n) is 5.66. The fourth-order valence-electron chi connectivity index (χ4n) is 2.85. The first kappa shape index (κ1) is 15.8. The maximum Gasteiger partial charge on any atom is 0.255 e. The highest BCUT2D eigenvalue weighted by Gasteiger charge is 2.26. The number of morpholine rings is 1. The Morgan fingerprint density at radius 1 is 0.957 bits per heavy atom. The fraction of sp³-hybridized carbons (Fsp3) is 0.600. The number of anilines is 1. The molecule has 0 bridgehead atoms. The molecule has 0 aromatic carbocycles. The molecule has 3 rings (SSSR count). The van der Waals surface area contributed by atoms with Crippen LogP contribution in [0.4, 0.5) is 5.95 Å². The molecule has 1 aromatic rings. The molecule has 2 aliphatic rings. The number of aromatic nitrogens is 2. The summed E-state index contributed by atoms with van der Waals surface area (Å²) in [6, 6.07) is 1.81. The molecule has 2 fully saturated rings. The van der Waals surface area contributed by atoms with Crippen molar-refractivity contribution in [2.24, 2.45) is 0 Å². The predicted octanol–water partition coefficient (Wildman–Crippen LogP) is -0.626. The van der Waals surface area contributed by atoms with Crippen LogP contribution < -0.4 is 4.90 Å². The van der Waals surface area contributed by atoms with Crippen molar-refractivity contribution in [2.45, 2.75) is 6.42 Å². The number of piperazine rings is 1. The summed E-state index contributed by atoms with van der Waals surface area (Å²) < 4.78 is 4.91. The highest BCUT2D eigenvalue weighted by Crippen LogP contribution is 2.10. The molecule has 1 aromatic heterocycles. The Morgan fingerprint density at radius 3 is 2.26 bits per heavy atom. The van der Waals surface area contributed by atoms with E-state index in [1.165, 1.54) is 4.90 Å². The van der Waals surface area contributed by atoms with Crippen LogP contribution in [0.15, 0.2) is 18.5 Å². The lowest BCUT2D eigenvalue weighted by Crippen LogP contribution is -2.49. The number of ether oxygens (including phenoxy) is 1. The van der Waals surface area contributed by atoms with Crippen LogP contribution in [0.1, 0.15) is 6.42 Å². The molecule has 0 spiro atoms. The van der Waals surface area contributed by atoms with E-state index >= 15 is 0 Å². The molecule has 0 N–H and O–H groups in total. The molecule has 23 heavy (non-hydrogen) atoms. The van der Waals surface area contributed by atoms with Crippen molar-refractivity contribution in [1.29, 1.82) is 0 Å². The Kier molecular flexibility index (Phi) is 5.14. The van der Waals surface area contributed by atoms with Gasteiger partial charge in [-0.3, -0.25) is 19.4 Å². The van der Waals surface area contributed by atoms with Crippen molar-refractivity contribution in [1.82, 2.24) is 19.8 Å². The van der Waals surface area contributed by atoms with Crippen LogP contribution in [0.25, 0.3) is 0 Å². The number of carbonyl (C=O) groups is 2. The van der Waals surface area contributed by atoms with Crippen molar-refractivity contribution in [2.75, 3.05) is 57.4 Å². The lowest BCUT2D eigenvalue weighted by molar-refractivity contribution is -0.158. The molecular weight excluding hydrogens is 298 g/mol. The summed E-state index contributed by atoms with van der Waals surface area (Å²) in [4.78, 5) is 37.6. The van der Waals surface area contributed by atoms with Gasteiger partial charge in [0.15, 0.2) is 0 Å². The van der Waals surface area contributed by atoms with Gasteiger partial charge < -0.3 is 9.64 Å². The van der Waals surface area contributed by atoms with Gasteiger partial charge in [0.25, 0.3) is 11.8 Å². The first-order valence-corrected chi connectivity index (χ1v) is 7.89. The first-order chi connectivity index (χ1) is 11.2. The standard InChI is InChI=1S/C15H21N5O3/c21-13-11-23-12-14(22)20(13)6-2-5-18-7-9-19(10-8-18)15-16-3-1-4-17-15/h1,3-4H,2,5-12H2. The van der Waals surface area contributed by atoms with Crippen LogP contribution in [-0.4, -0.2) is 84.1 Å². The fourth-order valence-corrected chi connectivity index (χ4v) is 2.85. The second-order valence-corrected chi connectivity index (χ2v) is 5.66. The van der Waals surface area contributed by atoms with Crippen LogP contribution in [-0.2, 0) is 14.3 Å². The van der Waals surface area contributed by atoms with Gasteiger partial charge in [-0.15, -0.1) is 0 Å². The first-order valence-electron chi connectivity index (χ1n) is 7.89. The molecule has 2 saturated heterocycles. The average Bonchev–Trinajstić information content (AvgIpc) is 2.59. The van der Waals surface area contributed by atoms with Crippen LogP contribution in [0.5, 0.6) is 0 Å². The molecule has 0 saturated carbocycles. The maximum absolute atomic E-state index is 11.6. The Morgan fingerprint density at radius 2 is 1.61 bits per heavy atom. The second kappa shape index (κ2) is 7.47. The predicted molar refractivity (Wildman–Crippen MR) is 82.8 cm³/mol. The van der Waals surface area contributed by atoms with Gasteiger partial charge in [-0.2, -0.15) is 0 Å². The summed E-state index contributed by atoms with van der Waals surface area (Å²) >= 11 is 0. The third kappa shape index (κ3) is 4.02. The summed E-state index contributed by atoms with van der Waals surface area (Å²) in [7, 11) is 0. The van der Waals surface area contributed by atoms with E-state index in [-0.39, 0.29) is 25.0 Å². The molecule has 0 radical (unpaired) electrons. The number of amides is 2. The molecule has 2 amide bonds. The Labute approximate surface area is 135 Å². The van der Waals surface area contributed by atoms with Gasteiger partial charge in [0, 0.05) is 45.1 Å². The van der Waals surface area contributed by atoms with Crippen molar-refractivity contribution in [3.05, 3.63) is 18.5 Å². The van der Waals surface area contributed by atoms with Crippen molar-refractivity contribution in [3.63, 3.8) is 0 Å². The number of rotatable bonds is 5. The third-order valence-corrected chi connectivity index (χ3v) is 4.12. The molecule has 2 aliphatic heterocycles. The van der Waals surface area contributed by atoms with E-state index in [2.05, 4.69) is 19.8 Å². The quantitative estimate of drug-likeness (QED) is 0.669. The van der Waals surface area contributed by atoms with Crippen molar-refractivity contribution >= 4 is 17.8 Å². The van der Waals surface area contributed by atoms with Gasteiger partial charge in [0.1, 0.15) is 13.2 Å². The zero-order valence-corrected chi connectivity index (χ0v) is 13.1. The van der Waals surface area contributed by atoms with Gasteiger partial charge >= 0.3 is 0 Å². The molecule has 0 atom stereocenters. The minimum atomic E-state index is -0.229. The molecular formula is C15H21N5O3. The summed E-state index contributed by atoms with van der Waals surface area (Å²) in [5.74, 6) is 0.316. The summed E-state index contributed by atoms with van der Waals surface area (Å²) in [5.41, 5.74) is 0. The molecule has 8 heteroatoms. The summed E-state index contributed by atoms with van der Waals surface area (Å²) in [5, 5.41) is 0. The highest BCUT2D eigenvalue weighted by atomic mass is 16.5. The van der Waals surface area contributed by atoms with Crippen molar-refractivity contribution in [3.8, 4) is 0 Å². The number of imide groups is 1. The Bertz CT molecular complexity index is 529. The summed E-state index contributed by atoms with van der Waals surface area (Å²) in [6.45, 7) is 5.03. The largest absolute Gasteiger partial charge is 0.362 e. The van der Waals surface area contributed by atoms with Gasteiger partial charge in [-0.25, -0.2) is 9.97 Å². The van der Waals surface area contributed by atoms with Crippen molar-refractivity contribution < 1.29 is 14.3 Å². The highest BCUT2D eigenvalue weighted by molar-refractivity contribution is 5.98. The number of nitrogens with zero attached hydrogens (tertiary/aromatic N) is 5. The topological polar surface area (TPSA) is 78.9 Å². The molecule has 124 valence electrons. The average molecular weight is 319 g/mol. The van der Waals surface area contributed by atoms with Gasteiger partial charge in [0.05, 0.1) is 0 Å². The maximum atomic E-state index is 11.6. The lowest BCUT2D eigenvalue weighted by atomic mass is 10.2. The molecule has 0 aliphatic carbocycles. The van der Waals surface area contributed by atoms with Crippen LogP contribution in [0.3, 0.4) is 0 Å². The van der Waals surface area contributed by atoms with Crippen LogP contribution in [0.2, 0.25) is 0 Å². The number of carbonyl (C=O) groups excluding carboxylic acids is 2. The number of hydrogen-bond donors (Lipinski definition) is 0. The summed E-state index contributed by atoms with van der Waals surface area (Å²) in [6.07, 6.45) is 4.30. The van der Waals surface area contributed by atoms with Crippen LogP contribution >= 0.6 is 0 Å². The van der Waals surface area contributed by atoms with E-state index in [0.717, 1.165) is 45.1 Å². The third-order valence-electron chi connectivity index (χ3n) is 4.12. The van der Waals surface area contributed by atoms with E-state index in [1.807, 2.05) is 6.07 Å². The SMILES string of the molecule is O=C1COCC(=O)N1CCCN1CCN(c2ncccn2)CC1. The van der Waals surface area contributed by atoms with Gasteiger partial charge in [0.2, 0.25) is 5.95 Å². The lowest BCUT2D eigenvalue weighted by Gasteiger charge is -2.35.